The van der Waals surface area contributed by atoms with E-state index in [1.54, 1.807) is 7.11 Å². The molecule has 0 aromatic carbocycles. The summed E-state index contributed by atoms with van der Waals surface area (Å²) in [6.07, 6.45) is 11.9. The minimum atomic E-state index is -0.149. The highest BCUT2D eigenvalue weighted by Crippen LogP contribution is 2.41. The Kier molecular flexibility index (Phi) is 8.54. The Bertz CT molecular complexity index is 259. The van der Waals surface area contributed by atoms with Crippen LogP contribution in [0.4, 0.5) is 0 Å². The zero-order valence-electron chi connectivity index (χ0n) is 12.5. The molecule has 3 heteroatoms. The molecule has 0 amide bonds. The Morgan fingerprint density at radius 3 is 2.42 bits per heavy atom. The molecule has 0 radical (unpaired) electrons. The molecule has 0 bridgehead atoms. The predicted molar refractivity (Wildman–Crippen MR) is 89.0 cm³/mol. The van der Waals surface area contributed by atoms with Crippen molar-refractivity contribution in [1.29, 1.82) is 0 Å². The first-order valence-electron chi connectivity index (χ1n) is 7.83. The molecule has 1 saturated carbocycles. The molecule has 0 aromatic heterocycles. The van der Waals surface area contributed by atoms with Gasteiger partial charge >= 0.3 is 0 Å². The summed E-state index contributed by atoms with van der Waals surface area (Å²) in [5.74, 6) is 0.461. The van der Waals surface area contributed by atoms with Gasteiger partial charge < -0.3 is 4.74 Å². The van der Waals surface area contributed by atoms with Gasteiger partial charge in [-0.1, -0.05) is 74.5 Å². The van der Waals surface area contributed by atoms with Gasteiger partial charge in [-0.3, -0.25) is 4.79 Å². The van der Waals surface area contributed by atoms with Crippen molar-refractivity contribution >= 4 is 28.4 Å². The van der Waals surface area contributed by atoms with Crippen LogP contribution in [0, 0.1) is 5.41 Å². The van der Waals surface area contributed by atoms with Crippen LogP contribution >= 0.6 is 22.6 Å². The minimum absolute atomic E-state index is 0.149. The molecule has 1 unspecified atom stereocenters. The van der Waals surface area contributed by atoms with Crippen LogP contribution in [0.5, 0.6) is 0 Å². The number of rotatable bonds is 10. The van der Waals surface area contributed by atoms with Crippen LogP contribution in [0.1, 0.15) is 71.1 Å². The summed E-state index contributed by atoms with van der Waals surface area (Å²) >= 11 is 2.36. The second kappa shape index (κ2) is 9.32. The first-order valence-corrected chi connectivity index (χ1v) is 9.08. The topological polar surface area (TPSA) is 26.3 Å². The highest BCUT2D eigenvalue weighted by Gasteiger charge is 2.43. The van der Waals surface area contributed by atoms with Crippen LogP contribution < -0.4 is 0 Å². The number of alkyl halides is 1. The Labute approximate surface area is 132 Å². The third kappa shape index (κ3) is 5.33. The highest BCUT2D eigenvalue weighted by molar-refractivity contribution is 14.1. The average molecular weight is 380 g/mol. The Hall–Kier alpha value is 0.360. The highest BCUT2D eigenvalue weighted by atomic mass is 127. The molecule has 2 nitrogen and oxygen atoms in total. The fraction of sp³-hybridized carbons (Fsp3) is 0.938. The van der Waals surface area contributed by atoms with Gasteiger partial charge in [0.2, 0.25) is 0 Å². The summed E-state index contributed by atoms with van der Waals surface area (Å²) in [7, 11) is 1.72. The summed E-state index contributed by atoms with van der Waals surface area (Å²) in [4.78, 5) is 12.7. The number of halogens is 1. The number of Topliss-reactive ketones (excluding diaryl/α,β-unsaturated/α-hetero) is 1. The van der Waals surface area contributed by atoms with Gasteiger partial charge in [0.15, 0.2) is 5.78 Å². The monoisotopic (exact) mass is 380 g/mol. The van der Waals surface area contributed by atoms with Crippen molar-refractivity contribution in [3.05, 3.63) is 0 Å². The normalized spacial score (nSPS) is 19.5. The molecule has 19 heavy (non-hydrogen) atoms. The molecule has 0 saturated heterocycles. The van der Waals surface area contributed by atoms with Gasteiger partial charge in [-0.25, -0.2) is 0 Å². The van der Waals surface area contributed by atoms with E-state index in [0.29, 0.717) is 12.4 Å². The molecular weight excluding hydrogens is 351 g/mol. The molecule has 1 atom stereocenters. The summed E-state index contributed by atoms with van der Waals surface area (Å²) in [6.45, 7) is 2.86. The van der Waals surface area contributed by atoms with Gasteiger partial charge in [0.1, 0.15) is 0 Å². The lowest BCUT2D eigenvalue weighted by atomic mass is 9.80. The number of hydrogen-bond donors (Lipinski definition) is 0. The van der Waals surface area contributed by atoms with Crippen LogP contribution in [0.25, 0.3) is 0 Å². The largest absolute Gasteiger partial charge is 0.384 e. The van der Waals surface area contributed by atoms with Crippen LogP contribution in [-0.2, 0) is 9.53 Å². The van der Waals surface area contributed by atoms with Gasteiger partial charge in [-0.2, -0.15) is 0 Å². The molecule has 0 aromatic rings. The van der Waals surface area contributed by atoms with Crippen LogP contribution in [0.2, 0.25) is 0 Å². The third-order valence-electron chi connectivity index (χ3n) is 4.35. The zero-order valence-corrected chi connectivity index (χ0v) is 14.7. The summed E-state index contributed by atoms with van der Waals surface area (Å²) < 4.78 is 5.52. The van der Waals surface area contributed by atoms with Crippen molar-refractivity contribution in [2.24, 2.45) is 5.41 Å². The molecule has 1 aliphatic rings. The van der Waals surface area contributed by atoms with Gasteiger partial charge in [0.05, 0.1) is 15.9 Å². The first-order chi connectivity index (χ1) is 9.16. The van der Waals surface area contributed by atoms with Gasteiger partial charge in [-0.05, 0) is 19.3 Å². The second-order valence-corrected chi connectivity index (χ2v) is 7.46. The van der Waals surface area contributed by atoms with Crippen molar-refractivity contribution in [2.45, 2.75) is 75.1 Å². The molecule has 0 aliphatic heterocycles. The minimum Gasteiger partial charge on any atom is -0.384 e. The van der Waals surface area contributed by atoms with Crippen LogP contribution in [0.3, 0.4) is 0 Å². The standard InChI is InChI=1S/C16H29IO2/c1-3-4-5-6-7-10-14(17)15(18)16(13-19-2)11-8-9-12-16/h14H,3-13H2,1-2H3. The van der Waals surface area contributed by atoms with Crippen molar-refractivity contribution in [2.75, 3.05) is 13.7 Å². The summed E-state index contributed by atoms with van der Waals surface area (Å²) in [5.41, 5.74) is -0.149. The van der Waals surface area contributed by atoms with E-state index in [1.165, 1.54) is 44.9 Å². The first kappa shape index (κ1) is 17.4. The van der Waals surface area contributed by atoms with Gasteiger partial charge in [0.25, 0.3) is 0 Å². The second-order valence-electron chi connectivity index (χ2n) is 5.96. The van der Waals surface area contributed by atoms with E-state index in [4.69, 9.17) is 4.74 Å². The Morgan fingerprint density at radius 1 is 1.21 bits per heavy atom. The quantitative estimate of drug-likeness (QED) is 0.305. The molecule has 0 N–H and O–H groups in total. The van der Waals surface area contributed by atoms with Crippen molar-refractivity contribution in [1.82, 2.24) is 0 Å². The fourth-order valence-electron chi connectivity index (χ4n) is 3.18. The Balaban J connectivity index is 2.37. The SMILES string of the molecule is CCCCCCCC(I)C(=O)C1(COC)CCCC1. The maximum absolute atomic E-state index is 12.7. The van der Waals surface area contributed by atoms with Crippen LogP contribution in [-0.4, -0.2) is 23.4 Å². The number of methoxy groups -OCH3 is 1. The lowest BCUT2D eigenvalue weighted by Crippen LogP contribution is -2.38. The van der Waals surface area contributed by atoms with Crippen molar-refractivity contribution in [3.8, 4) is 0 Å². The lowest BCUT2D eigenvalue weighted by Gasteiger charge is -2.28. The van der Waals surface area contributed by atoms with E-state index in [1.807, 2.05) is 0 Å². The zero-order chi connectivity index (χ0) is 14.1. The number of ketones is 1. The molecule has 0 heterocycles. The van der Waals surface area contributed by atoms with E-state index in [2.05, 4.69) is 29.5 Å². The van der Waals surface area contributed by atoms with Gasteiger partial charge in [-0.15, -0.1) is 0 Å². The summed E-state index contributed by atoms with van der Waals surface area (Å²) in [5, 5.41) is 0. The molecule has 1 aliphatic carbocycles. The number of carbonyl (C=O) groups excluding carboxylic acids is 1. The number of ether oxygens (including phenoxy) is 1. The summed E-state index contributed by atoms with van der Waals surface area (Å²) in [6, 6.07) is 0. The van der Waals surface area contributed by atoms with E-state index in [0.717, 1.165) is 19.3 Å². The molecular formula is C16H29IO2. The molecule has 112 valence electrons. The lowest BCUT2D eigenvalue weighted by molar-refractivity contribution is -0.130. The van der Waals surface area contributed by atoms with Crippen molar-refractivity contribution < 1.29 is 9.53 Å². The number of unbranched alkanes of at least 4 members (excludes halogenated alkanes) is 4. The van der Waals surface area contributed by atoms with Crippen molar-refractivity contribution in [3.63, 3.8) is 0 Å². The predicted octanol–water partition coefficient (Wildman–Crippen LogP) is 4.93. The number of carbonyl (C=O) groups is 1. The van der Waals surface area contributed by atoms with E-state index in [9.17, 15) is 4.79 Å². The average Bonchev–Trinajstić information content (AvgIpc) is 2.87. The molecule has 1 fully saturated rings. The van der Waals surface area contributed by atoms with E-state index in [-0.39, 0.29) is 9.34 Å². The van der Waals surface area contributed by atoms with Crippen LogP contribution in [0.15, 0.2) is 0 Å². The van der Waals surface area contributed by atoms with E-state index < -0.39 is 0 Å². The smallest absolute Gasteiger partial charge is 0.154 e. The third-order valence-corrected chi connectivity index (χ3v) is 5.54. The van der Waals surface area contributed by atoms with E-state index >= 15 is 0 Å². The maximum atomic E-state index is 12.7. The molecule has 0 spiro atoms. The fourth-order valence-corrected chi connectivity index (χ4v) is 4.28. The maximum Gasteiger partial charge on any atom is 0.154 e. The molecule has 1 rings (SSSR count). The van der Waals surface area contributed by atoms with Gasteiger partial charge in [0, 0.05) is 7.11 Å². The number of hydrogen-bond acceptors (Lipinski definition) is 2. The Morgan fingerprint density at radius 2 is 1.84 bits per heavy atom.